The summed E-state index contributed by atoms with van der Waals surface area (Å²) in [6, 6.07) is 4.83. The summed E-state index contributed by atoms with van der Waals surface area (Å²) in [5, 5.41) is 22.4. The van der Waals surface area contributed by atoms with Crippen LogP contribution in [0.4, 0.5) is 20.2 Å². The Bertz CT molecular complexity index is 1160. The molecular formula is C21H20F2N6O4. The van der Waals surface area contributed by atoms with Crippen molar-refractivity contribution in [2.45, 2.75) is 31.0 Å². The van der Waals surface area contributed by atoms with Crippen LogP contribution in [0, 0.1) is 11.6 Å². The lowest BCUT2D eigenvalue weighted by Gasteiger charge is -2.35. The summed E-state index contributed by atoms with van der Waals surface area (Å²) in [5.74, 6) is -2.93. The Hall–Kier alpha value is -3.58. The fourth-order valence-electron chi connectivity index (χ4n) is 3.48. The summed E-state index contributed by atoms with van der Waals surface area (Å²) in [4.78, 5) is 24.7. The van der Waals surface area contributed by atoms with Gasteiger partial charge in [-0.15, -0.1) is 0 Å². The van der Waals surface area contributed by atoms with Crippen molar-refractivity contribution < 1.29 is 28.5 Å². The van der Waals surface area contributed by atoms with Crippen LogP contribution in [0.3, 0.4) is 0 Å². The van der Waals surface area contributed by atoms with E-state index in [0.717, 1.165) is 18.3 Å². The number of aliphatic hydroxyl groups excluding tert-OH is 2. The second kappa shape index (κ2) is 9.11. The minimum absolute atomic E-state index is 0.0219. The Balaban J connectivity index is 1.64. The van der Waals surface area contributed by atoms with Crippen LogP contribution in [0.15, 0.2) is 42.9 Å². The third kappa shape index (κ3) is 4.50. The van der Waals surface area contributed by atoms with Crippen molar-refractivity contribution in [3.05, 3.63) is 65.7 Å². The number of pyridine rings is 1. The van der Waals surface area contributed by atoms with E-state index < -0.39 is 47.6 Å². The summed E-state index contributed by atoms with van der Waals surface area (Å²) in [6.45, 7) is 0. The van der Waals surface area contributed by atoms with Crippen LogP contribution in [-0.4, -0.2) is 49.5 Å². The van der Waals surface area contributed by atoms with Crippen LogP contribution < -0.4 is 16.8 Å². The minimum atomic E-state index is -1.25. The molecule has 1 aromatic carbocycles. The predicted molar refractivity (Wildman–Crippen MR) is 112 cm³/mol. The van der Waals surface area contributed by atoms with E-state index in [1.54, 1.807) is 6.07 Å². The summed E-state index contributed by atoms with van der Waals surface area (Å²) >= 11 is 0. The number of nitrogen functional groups attached to an aromatic ring is 1. The lowest BCUT2D eigenvalue weighted by atomic mass is 9.96. The number of rotatable bonds is 4. The lowest BCUT2D eigenvalue weighted by molar-refractivity contribution is -0.167. The second-order valence-electron chi connectivity index (χ2n) is 7.39. The highest BCUT2D eigenvalue weighted by molar-refractivity contribution is 6.06. The minimum Gasteiger partial charge on any atom is -0.396 e. The highest BCUT2D eigenvalue weighted by Gasteiger charge is 2.36. The highest BCUT2D eigenvalue weighted by Crippen LogP contribution is 2.34. The van der Waals surface area contributed by atoms with Gasteiger partial charge in [0.25, 0.3) is 5.91 Å². The molecule has 0 bridgehead atoms. The van der Waals surface area contributed by atoms with Gasteiger partial charge in [0.15, 0.2) is 11.5 Å². The van der Waals surface area contributed by atoms with Crippen molar-refractivity contribution in [1.29, 1.82) is 0 Å². The van der Waals surface area contributed by atoms with Gasteiger partial charge in [0.1, 0.15) is 24.0 Å². The first-order chi connectivity index (χ1) is 15.8. The van der Waals surface area contributed by atoms with Crippen molar-refractivity contribution in [2.75, 3.05) is 11.1 Å². The van der Waals surface area contributed by atoms with E-state index in [1.165, 1.54) is 18.5 Å². The number of halogens is 2. The third-order valence-corrected chi connectivity index (χ3v) is 5.18. The highest BCUT2D eigenvalue weighted by atomic mass is 19.1. The molecule has 0 spiro atoms. The SMILES string of the molecule is Nc1cnc(-c2c(F)cccc2F)nc1C(=O)Nc1cnccc1[C@H]1C[C@@H](O)[C@H](O)[C@@H](N)O1. The topological polar surface area (TPSA) is 170 Å². The zero-order valence-electron chi connectivity index (χ0n) is 17.0. The summed E-state index contributed by atoms with van der Waals surface area (Å²) in [5.41, 5.74) is 11.3. The molecule has 3 aromatic rings. The molecule has 0 unspecified atom stereocenters. The summed E-state index contributed by atoms with van der Waals surface area (Å²) < 4.78 is 33.9. The van der Waals surface area contributed by atoms with E-state index >= 15 is 0 Å². The summed E-state index contributed by atoms with van der Waals surface area (Å²) in [6.07, 6.45) is -0.370. The Labute approximate surface area is 186 Å². The molecule has 1 saturated heterocycles. The fourth-order valence-corrected chi connectivity index (χ4v) is 3.48. The first kappa shape index (κ1) is 22.6. The Kier molecular flexibility index (Phi) is 6.24. The van der Waals surface area contributed by atoms with Gasteiger partial charge in [-0.3, -0.25) is 9.78 Å². The summed E-state index contributed by atoms with van der Waals surface area (Å²) in [7, 11) is 0. The number of hydrogen-bond acceptors (Lipinski definition) is 9. The van der Waals surface area contributed by atoms with Crippen molar-refractivity contribution in [3.63, 3.8) is 0 Å². The van der Waals surface area contributed by atoms with Gasteiger partial charge in [-0.05, 0) is 18.2 Å². The molecule has 0 saturated carbocycles. The van der Waals surface area contributed by atoms with E-state index in [2.05, 4.69) is 20.3 Å². The monoisotopic (exact) mass is 458 g/mol. The van der Waals surface area contributed by atoms with E-state index in [1.807, 2.05) is 0 Å². The van der Waals surface area contributed by atoms with Gasteiger partial charge >= 0.3 is 0 Å². The zero-order chi connectivity index (χ0) is 23.7. The number of nitrogens with zero attached hydrogens (tertiary/aromatic N) is 3. The molecule has 4 atom stereocenters. The third-order valence-electron chi connectivity index (χ3n) is 5.18. The number of amides is 1. The van der Waals surface area contributed by atoms with Gasteiger partial charge in [-0.1, -0.05) is 6.07 Å². The number of nitrogens with one attached hydrogen (secondary N) is 1. The van der Waals surface area contributed by atoms with Crippen molar-refractivity contribution in [1.82, 2.24) is 15.0 Å². The molecule has 2 aromatic heterocycles. The average molecular weight is 458 g/mol. The van der Waals surface area contributed by atoms with Crippen LogP contribution in [0.2, 0.25) is 0 Å². The molecule has 7 N–H and O–H groups in total. The van der Waals surface area contributed by atoms with E-state index in [0.29, 0.717) is 5.56 Å². The van der Waals surface area contributed by atoms with Gasteiger partial charge in [0.2, 0.25) is 0 Å². The van der Waals surface area contributed by atoms with E-state index in [-0.39, 0.29) is 29.3 Å². The van der Waals surface area contributed by atoms with Gasteiger partial charge in [-0.25, -0.2) is 18.7 Å². The number of ether oxygens (including phenoxy) is 1. The standard InChI is InChI=1S/C21H20F2N6O4/c22-10-2-1-3-11(23)16(10)20-27-7-12(24)17(29-20)21(32)28-13-8-26-5-4-9(13)15-6-14(30)18(31)19(25)33-15/h1-5,7-8,14-15,18-19,30-31H,6,24-25H2,(H,28,32)/t14-,15-,18+,19+/m1/s1. The molecule has 1 fully saturated rings. The largest absolute Gasteiger partial charge is 0.396 e. The maximum absolute atomic E-state index is 14.1. The number of benzene rings is 1. The van der Waals surface area contributed by atoms with Gasteiger partial charge in [0.05, 0.1) is 41.5 Å². The maximum Gasteiger partial charge on any atom is 0.276 e. The first-order valence-corrected chi connectivity index (χ1v) is 9.85. The molecule has 1 aliphatic heterocycles. The molecule has 33 heavy (non-hydrogen) atoms. The zero-order valence-corrected chi connectivity index (χ0v) is 17.0. The average Bonchev–Trinajstić information content (AvgIpc) is 2.78. The second-order valence-corrected chi connectivity index (χ2v) is 7.39. The Morgan fingerprint density at radius 2 is 1.91 bits per heavy atom. The van der Waals surface area contributed by atoms with Gasteiger partial charge < -0.3 is 31.7 Å². The molecule has 172 valence electrons. The van der Waals surface area contributed by atoms with Gasteiger partial charge in [-0.2, -0.15) is 0 Å². The van der Waals surface area contributed by atoms with E-state index in [4.69, 9.17) is 16.2 Å². The molecule has 0 radical (unpaired) electrons. The van der Waals surface area contributed by atoms with Crippen molar-refractivity contribution >= 4 is 17.3 Å². The van der Waals surface area contributed by atoms with Crippen LogP contribution >= 0.6 is 0 Å². The lowest BCUT2D eigenvalue weighted by Crippen LogP contribution is -2.50. The van der Waals surface area contributed by atoms with Crippen molar-refractivity contribution in [3.8, 4) is 11.4 Å². The molecule has 1 amide bonds. The Morgan fingerprint density at radius 1 is 1.18 bits per heavy atom. The number of nitrogens with two attached hydrogens (primary N) is 2. The van der Waals surface area contributed by atoms with Crippen LogP contribution in [0.25, 0.3) is 11.4 Å². The van der Waals surface area contributed by atoms with E-state index in [9.17, 15) is 23.8 Å². The number of aromatic nitrogens is 3. The van der Waals surface area contributed by atoms with Crippen LogP contribution in [0.1, 0.15) is 28.6 Å². The molecule has 1 aliphatic rings. The Morgan fingerprint density at radius 3 is 2.61 bits per heavy atom. The maximum atomic E-state index is 14.1. The van der Waals surface area contributed by atoms with Crippen LogP contribution in [0.5, 0.6) is 0 Å². The van der Waals surface area contributed by atoms with Crippen LogP contribution in [-0.2, 0) is 4.74 Å². The van der Waals surface area contributed by atoms with Crippen molar-refractivity contribution in [2.24, 2.45) is 5.73 Å². The molecular weight excluding hydrogens is 438 g/mol. The predicted octanol–water partition coefficient (Wildman–Crippen LogP) is 1.12. The molecule has 10 nitrogen and oxygen atoms in total. The number of carbonyl (C=O) groups excluding carboxylic acids is 1. The molecule has 4 rings (SSSR count). The quantitative estimate of drug-likeness (QED) is 0.384. The fraction of sp³-hybridized carbons (Fsp3) is 0.238. The first-order valence-electron chi connectivity index (χ1n) is 9.85. The molecule has 0 aliphatic carbocycles. The molecule has 3 heterocycles. The smallest absolute Gasteiger partial charge is 0.276 e. The number of aliphatic hydroxyl groups is 2. The van der Waals surface area contributed by atoms with Gasteiger partial charge in [0, 0.05) is 18.2 Å². The number of carbonyl (C=O) groups is 1. The molecule has 12 heteroatoms. The normalized spacial score (nSPS) is 22.7. The number of hydrogen-bond donors (Lipinski definition) is 5. The number of anilines is 2.